The molecule has 4 N–H and O–H groups in total. The number of piperidine rings is 1. The topological polar surface area (TPSA) is 91.2 Å². The molecular weight excluding hydrogens is 517 g/mol. The molecule has 6 nitrogen and oxygen atoms in total. The Bertz CT molecular complexity index is 1370. The van der Waals surface area contributed by atoms with Gasteiger partial charge in [0.1, 0.15) is 0 Å². The third-order valence-electron chi connectivity index (χ3n) is 8.47. The average Bonchev–Trinajstić information content (AvgIpc) is 3.39. The number of rotatable bonds is 7. The largest absolute Gasteiger partial charge is 0.416 e. The van der Waals surface area contributed by atoms with Crippen molar-refractivity contribution in [1.29, 1.82) is 0 Å². The number of halogens is 3. The molecule has 2 aromatic carbocycles. The Balaban J connectivity index is 1.12. The van der Waals surface area contributed by atoms with Crippen LogP contribution in [0.3, 0.4) is 0 Å². The van der Waals surface area contributed by atoms with Crippen LogP contribution in [-0.4, -0.2) is 46.9 Å². The first-order chi connectivity index (χ1) is 19.2. The number of benzene rings is 2. The minimum Gasteiger partial charge on any atom is -0.368 e. The van der Waals surface area contributed by atoms with Gasteiger partial charge in [-0.25, -0.2) is 0 Å². The smallest absolute Gasteiger partial charge is 0.368 e. The molecule has 0 bridgehead atoms. The molecule has 2 heterocycles. The molecule has 5 rings (SSSR count). The number of primary amides is 1. The molecule has 1 aromatic heterocycles. The number of carbonyl (C=O) groups excluding carboxylic acids is 2. The molecule has 1 atom stereocenters. The molecular formula is C31H35F3N4O2. The molecule has 9 heteroatoms. The van der Waals surface area contributed by atoms with Gasteiger partial charge in [0.2, 0.25) is 11.8 Å². The fraction of sp³-hybridized carbons (Fsp3) is 0.419. The molecule has 212 valence electrons. The van der Waals surface area contributed by atoms with Crippen molar-refractivity contribution in [3.63, 3.8) is 0 Å². The molecule has 2 fully saturated rings. The van der Waals surface area contributed by atoms with Crippen LogP contribution in [0.15, 0.2) is 60.8 Å². The number of aromatic nitrogens is 1. The van der Waals surface area contributed by atoms with Gasteiger partial charge in [-0.2, -0.15) is 13.2 Å². The van der Waals surface area contributed by atoms with E-state index in [0.29, 0.717) is 37.4 Å². The zero-order valence-corrected chi connectivity index (χ0v) is 22.3. The van der Waals surface area contributed by atoms with E-state index in [9.17, 15) is 22.8 Å². The maximum Gasteiger partial charge on any atom is 0.416 e. The molecule has 1 saturated heterocycles. The average molecular weight is 553 g/mol. The van der Waals surface area contributed by atoms with Crippen LogP contribution in [0.2, 0.25) is 0 Å². The van der Waals surface area contributed by atoms with Gasteiger partial charge in [-0.3, -0.25) is 9.59 Å². The van der Waals surface area contributed by atoms with Crippen molar-refractivity contribution in [2.24, 2.45) is 11.7 Å². The minimum absolute atomic E-state index is 0.0281. The monoisotopic (exact) mass is 552 g/mol. The molecule has 0 radical (unpaired) electrons. The van der Waals surface area contributed by atoms with Crippen molar-refractivity contribution in [2.75, 3.05) is 13.1 Å². The molecule has 2 amide bonds. The van der Waals surface area contributed by atoms with Crippen molar-refractivity contribution < 1.29 is 22.8 Å². The summed E-state index contributed by atoms with van der Waals surface area (Å²) in [4.78, 5) is 30.2. The second kappa shape index (κ2) is 11.9. The van der Waals surface area contributed by atoms with E-state index in [1.165, 1.54) is 35.2 Å². The van der Waals surface area contributed by atoms with Crippen molar-refractivity contribution in [3.8, 4) is 0 Å². The first kappa shape index (κ1) is 28.0. The van der Waals surface area contributed by atoms with Crippen LogP contribution in [0.5, 0.6) is 0 Å². The van der Waals surface area contributed by atoms with Gasteiger partial charge in [0.05, 0.1) is 11.6 Å². The number of aromatic amines is 1. The predicted octanol–water partition coefficient (Wildman–Crippen LogP) is 5.61. The highest BCUT2D eigenvalue weighted by atomic mass is 19.4. The van der Waals surface area contributed by atoms with Crippen LogP contribution in [-0.2, 0) is 15.8 Å². The first-order valence-electron chi connectivity index (χ1n) is 13.9. The normalized spacial score (nSPS) is 21.6. The molecule has 2 aliphatic rings. The van der Waals surface area contributed by atoms with Crippen LogP contribution >= 0.6 is 0 Å². The van der Waals surface area contributed by atoms with Crippen molar-refractivity contribution >= 4 is 28.8 Å². The van der Waals surface area contributed by atoms with Crippen molar-refractivity contribution in [2.45, 2.75) is 62.7 Å². The second-order valence-electron chi connectivity index (χ2n) is 11.0. The summed E-state index contributed by atoms with van der Waals surface area (Å²) in [6.45, 7) is 0.935. The van der Waals surface area contributed by atoms with Gasteiger partial charge in [-0.15, -0.1) is 0 Å². The number of carbonyl (C=O) groups is 2. The van der Waals surface area contributed by atoms with E-state index >= 15 is 0 Å². The summed E-state index contributed by atoms with van der Waals surface area (Å²) in [6, 6.07) is 13.0. The highest BCUT2D eigenvalue weighted by Crippen LogP contribution is 2.37. The van der Waals surface area contributed by atoms with Crippen molar-refractivity contribution in [3.05, 3.63) is 77.5 Å². The Morgan fingerprint density at radius 3 is 2.42 bits per heavy atom. The summed E-state index contributed by atoms with van der Waals surface area (Å²) in [5.41, 5.74) is 7.90. The lowest BCUT2D eigenvalue weighted by Crippen LogP contribution is -2.54. The summed E-state index contributed by atoms with van der Waals surface area (Å²) in [5.74, 6) is -0.108. The van der Waals surface area contributed by atoms with E-state index in [1.807, 2.05) is 6.07 Å². The lowest BCUT2D eigenvalue weighted by atomic mass is 9.80. The number of alkyl halides is 3. The number of H-pyrrole nitrogens is 1. The van der Waals surface area contributed by atoms with Gasteiger partial charge in [-0.1, -0.05) is 30.3 Å². The number of nitrogens with two attached hydrogens (primary N) is 1. The Kier molecular flexibility index (Phi) is 8.30. The quantitative estimate of drug-likeness (QED) is 0.333. The Labute approximate surface area is 231 Å². The maximum atomic E-state index is 13.0. The lowest BCUT2D eigenvalue weighted by Gasteiger charge is -2.38. The zero-order valence-electron chi connectivity index (χ0n) is 22.3. The van der Waals surface area contributed by atoms with Crippen molar-refractivity contribution in [1.82, 2.24) is 15.2 Å². The Morgan fingerprint density at radius 2 is 1.73 bits per heavy atom. The summed E-state index contributed by atoms with van der Waals surface area (Å²) >= 11 is 0. The number of amides is 2. The van der Waals surface area contributed by atoms with Crippen LogP contribution in [0, 0.1) is 5.92 Å². The highest BCUT2D eigenvalue weighted by molar-refractivity contribution is 5.92. The number of hydrogen-bond donors (Lipinski definition) is 3. The fourth-order valence-electron chi connectivity index (χ4n) is 6.25. The van der Waals surface area contributed by atoms with E-state index < -0.39 is 17.8 Å². The summed E-state index contributed by atoms with van der Waals surface area (Å²) < 4.78 is 38.9. The van der Waals surface area contributed by atoms with Gasteiger partial charge >= 0.3 is 6.18 Å². The summed E-state index contributed by atoms with van der Waals surface area (Å²) in [7, 11) is 0. The SMILES string of the molecule is NC(=O)C(NC1CCC(c2c[nH]c3ccccc23)CC1)C1CCN(C(=O)C=Cc2cccc(C(F)(F)F)c2)CC1. The number of hydrogen-bond acceptors (Lipinski definition) is 3. The second-order valence-corrected chi connectivity index (χ2v) is 11.0. The Morgan fingerprint density at radius 1 is 1.00 bits per heavy atom. The van der Waals surface area contributed by atoms with Crippen LogP contribution in [0.25, 0.3) is 17.0 Å². The number of nitrogens with zero attached hydrogens (tertiary/aromatic N) is 1. The zero-order chi connectivity index (χ0) is 28.3. The van der Waals surface area contributed by atoms with Crippen LogP contribution in [0.4, 0.5) is 13.2 Å². The highest BCUT2D eigenvalue weighted by Gasteiger charge is 2.34. The van der Waals surface area contributed by atoms with Gasteiger partial charge < -0.3 is 20.9 Å². The van der Waals surface area contributed by atoms with Gasteiger partial charge in [0, 0.05) is 42.3 Å². The summed E-state index contributed by atoms with van der Waals surface area (Å²) in [5, 5.41) is 4.82. The number of fused-ring (bicyclic) bond motifs is 1. The van der Waals surface area contributed by atoms with E-state index in [0.717, 1.165) is 43.3 Å². The number of likely N-dealkylation sites (tertiary alicyclic amines) is 1. The standard InChI is InChI=1S/C31H35F3N4O2/c32-31(33,34)23-5-3-4-20(18-23)8-13-28(39)38-16-14-22(15-17-38)29(30(35)40)37-24-11-9-21(10-12-24)26-19-36-27-7-2-1-6-25(26)27/h1-8,13,18-19,21-22,24,29,36-37H,9-12,14-17H2,(H2,35,40). The van der Waals surface area contributed by atoms with E-state index in [4.69, 9.17) is 5.73 Å². The molecule has 1 saturated carbocycles. The third kappa shape index (κ3) is 6.41. The number of nitrogens with one attached hydrogen (secondary N) is 2. The molecule has 40 heavy (non-hydrogen) atoms. The van der Waals surface area contributed by atoms with Crippen LogP contribution in [0.1, 0.15) is 61.1 Å². The first-order valence-corrected chi connectivity index (χ1v) is 13.9. The molecule has 1 unspecified atom stereocenters. The number of para-hydroxylation sites is 1. The van der Waals surface area contributed by atoms with E-state index in [-0.39, 0.29) is 23.8 Å². The predicted molar refractivity (Wildman–Crippen MR) is 149 cm³/mol. The summed E-state index contributed by atoms with van der Waals surface area (Å²) in [6.07, 6.45) is 5.68. The molecule has 1 aliphatic heterocycles. The van der Waals surface area contributed by atoms with Gasteiger partial charge in [0.25, 0.3) is 0 Å². The third-order valence-corrected chi connectivity index (χ3v) is 8.47. The minimum atomic E-state index is -4.43. The molecule has 3 aromatic rings. The lowest BCUT2D eigenvalue weighted by molar-refractivity contribution is -0.137. The molecule has 1 aliphatic carbocycles. The maximum absolute atomic E-state index is 13.0. The van der Waals surface area contributed by atoms with Gasteiger partial charge in [-0.05, 0) is 85.8 Å². The fourth-order valence-corrected chi connectivity index (χ4v) is 6.25. The van der Waals surface area contributed by atoms with E-state index in [2.05, 4.69) is 34.7 Å². The molecule has 0 spiro atoms. The van der Waals surface area contributed by atoms with E-state index in [1.54, 1.807) is 4.90 Å². The Hall–Kier alpha value is -3.59. The van der Waals surface area contributed by atoms with Crippen LogP contribution < -0.4 is 11.1 Å². The van der Waals surface area contributed by atoms with Gasteiger partial charge in [0.15, 0.2) is 0 Å².